The molecule has 2 N–H and O–H groups in total. The number of nitrogens with one attached hydrogen (secondary N) is 2. The summed E-state index contributed by atoms with van der Waals surface area (Å²) in [6.45, 7) is 2.81. The third kappa shape index (κ3) is 4.49. The van der Waals surface area contributed by atoms with Crippen molar-refractivity contribution in [1.29, 1.82) is 0 Å². The van der Waals surface area contributed by atoms with Crippen LogP contribution in [0.25, 0.3) is 0 Å². The molecular formula is C14H25N3O2. The molecule has 2 unspecified atom stereocenters. The first-order valence-electron chi connectivity index (χ1n) is 7.39. The molecule has 108 valence electrons. The number of hydrogen-bond donors (Lipinski definition) is 2. The fourth-order valence-electron chi connectivity index (χ4n) is 2.94. The Kier molecular flexibility index (Phi) is 5.19. The number of piperidine rings is 2. The number of carbonyl (C=O) groups is 2. The molecular weight excluding hydrogens is 242 g/mol. The Balaban J connectivity index is 1.65. The summed E-state index contributed by atoms with van der Waals surface area (Å²) in [5, 5.41) is 6.43. The van der Waals surface area contributed by atoms with E-state index in [4.69, 9.17) is 0 Å². The van der Waals surface area contributed by atoms with Gasteiger partial charge in [0.25, 0.3) is 0 Å². The van der Waals surface area contributed by atoms with E-state index in [-0.39, 0.29) is 17.9 Å². The number of rotatable bonds is 4. The zero-order valence-corrected chi connectivity index (χ0v) is 11.8. The minimum atomic E-state index is 0.137. The number of amides is 2. The Hall–Kier alpha value is -1.10. The highest BCUT2D eigenvalue weighted by molar-refractivity contribution is 5.78. The number of nitrogens with zero attached hydrogens (tertiary/aromatic N) is 1. The first-order valence-corrected chi connectivity index (χ1v) is 7.39. The summed E-state index contributed by atoms with van der Waals surface area (Å²) < 4.78 is 0. The molecule has 0 aliphatic carbocycles. The van der Waals surface area contributed by atoms with Crippen molar-refractivity contribution in [2.24, 2.45) is 5.92 Å². The summed E-state index contributed by atoms with van der Waals surface area (Å²) in [4.78, 5) is 25.0. The molecule has 5 nitrogen and oxygen atoms in total. The average Bonchev–Trinajstić information content (AvgIpc) is 2.42. The van der Waals surface area contributed by atoms with Crippen LogP contribution in [-0.2, 0) is 9.59 Å². The molecule has 2 amide bonds. The summed E-state index contributed by atoms with van der Waals surface area (Å²) in [5.41, 5.74) is 0. The summed E-state index contributed by atoms with van der Waals surface area (Å²) in [7, 11) is 1.80. The third-order valence-corrected chi connectivity index (χ3v) is 4.17. The first kappa shape index (κ1) is 14.3. The monoisotopic (exact) mass is 267 g/mol. The van der Waals surface area contributed by atoms with Gasteiger partial charge in [0.05, 0.1) is 0 Å². The lowest BCUT2D eigenvalue weighted by Crippen LogP contribution is -2.48. The highest BCUT2D eigenvalue weighted by atomic mass is 16.2. The number of carbonyl (C=O) groups excluding carboxylic acids is 2. The topological polar surface area (TPSA) is 61.4 Å². The lowest BCUT2D eigenvalue weighted by Gasteiger charge is -2.30. The smallest absolute Gasteiger partial charge is 0.222 e. The van der Waals surface area contributed by atoms with Gasteiger partial charge >= 0.3 is 0 Å². The van der Waals surface area contributed by atoms with Gasteiger partial charge in [0.2, 0.25) is 11.8 Å². The van der Waals surface area contributed by atoms with E-state index < -0.39 is 0 Å². The van der Waals surface area contributed by atoms with Crippen molar-refractivity contribution in [2.45, 2.75) is 44.6 Å². The Morgan fingerprint density at radius 1 is 1.47 bits per heavy atom. The van der Waals surface area contributed by atoms with E-state index in [2.05, 4.69) is 10.6 Å². The second kappa shape index (κ2) is 6.89. The second-order valence-electron chi connectivity index (χ2n) is 5.83. The maximum atomic E-state index is 11.9. The molecule has 0 spiro atoms. The molecule has 0 bridgehead atoms. The van der Waals surface area contributed by atoms with E-state index in [1.54, 1.807) is 11.9 Å². The van der Waals surface area contributed by atoms with Gasteiger partial charge in [-0.1, -0.05) is 0 Å². The van der Waals surface area contributed by atoms with Crippen LogP contribution in [0.15, 0.2) is 0 Å². The van der Waals surface area contributed by atoms with Gasteiger partial charge < -0.3 is 15.5 Å². The van der Waals surface area contributed by atoms with E-state index in [1.165, 1.54) is 12.8 Å². The number of likely N-dealkylation sites (tertiary alicyclic amines) is 1. The molecule has 2 rings (SSSR count). The van der Waals surface area contributed by atoms with Crippen LogP contribution in [0, 0.1) is 5.92 Å². The Bertz CT molecular complexity index is 327. The van der Waals surface area contributed by atoms with Gasteiger partial charge in [-0.3, -0.25) is 9.59 Å². The van der Waals surface area contributed by atoms with E-state index in [0.29, 0.717) is 25.3 Å². The van der Waals surface area contributed by atoms with Gasteiger partial charge in [0, 0.05) is 32.5 Å². The molecule has 2 fully saturated rings. The first-order chi connectivity index (χ1) is 9.15. The summed E-state index contributed by atoms with van der Waals surface area (Å²) in [6.07, 6.45) is 5.37. The zero-order valence-electron chi connectivity index (χ0n) is 11.8. The van der Waals surface area contributed by atoms with Crippen molar-refractivity contribution >= 4 is 11.8 Å². The maximum Gasteiger partial charge on any atom is 0.222 e. The molecule has 0 saturated carbocycles. The Labute approximate surface area is 115 Å². The van der Waals surface area contributed by atoms with Gasteiger partial charge in [-0.25, -0.2) is 0 Å². The van der Waals surface area contributed by atoms with E-state index >= 15 is 0 Å². The van der Waals surface area contributed by atoms with Crippen LogP contribution in [-0.4, -0.2) is 49.4 Å². The minimum Gasteiger partial charge on any atom is -0.352 e. The fourth-order valence-corrected chi connectivity index (χ4v) is 2.94. The molecule has 2 aliphatic heterocycles. The Morgan fingerprint density at radius 2 is 2.32 bits per heavy atom. The third-order valence-electron chi connectivity index (χ3n) is 4.17. The Morgan fingerprint density at radius 3 is 3.00 bits per heavy atom. The van der Waals surface area contributed by atoms with Crippen molar-refractivity contribution in [1.82, 2.24) is 15.5 Å². The molecule has 0 aromatic rings. The lowest BCUT2D eigenvalue weighted by atomic mass is 9.94. The SMILES string of the molecule is CN1CC(NC(=O)CCC2CCCNC2)CCC1=O. The van der Waals surface area contributed by atoms with Crippen molar-refractivity contribution in [3.63, 3.8) is 0 Å². The summed E-state index contributed by atoms with van der Waals surface area (Å²) in [6, 6.07) is 0.139. The van der Waals surface area contributed by atoms with Gasteiger partial charge in [0.1, 0.15) is 0 Å². The van der Waals surface area contributed by atoms with Crippen molar-refractivity contribution in [3.8, 4) is 0 Å². The van der Waals surface area contributed by atoms with Crippen molar-refractivity contribution in [2.75, 3.05) is 26.7 Å². The van der Waals surface area contributed by atoms with Crippen molar-refractivity contribution in [3.05, 3.63) is 0 Å². The number of hydrogen-bond acceptors (Lipinski definition) is 3. The van der Waals surface area contributed by atoms with E-state index in [0.717, 1.165) is 25.9 Å². The highest BCUT2D eigenvalue weighted by Crippen LogP contribution is 2.16. The predicted molar refractivity (Wildman–Crippen MR) is 73.6 cm³/mol. The highest BCUT2D eigenvalue weighted by Gasteiger charge is 2.24. The van der Waals surface area contributed by atoms with Crippen LogP contribution in [0.3, 0.4) is 0 Å². The minimum absolute atomic E-state index is 0.137. The van der Waals surface area contributed by atoms with Crippen LogP contribution in [0.1, 0.15) is 38.5 Å². The van der Waals surface area contributed by atoms with E-state index in [1.807, 2.05) is 0 Å². The van der Waals surface area contributed by atoms with Crippen molar-refractivity contribution < 1.29 is 9.59 Å². The average molecular weight is 267 g/mol. The van der Waals surface area contributed by atoms with Crippen LogP contribution in [0.2, 0.25) is 0 Å². The van der Waals surface area contributed by atoms with Gasteiger partial charge in [-0.15, -0.1) is 0 Å². The fraction of sp³-hybridized carbons (Fsp3) is 0.857. The summed E-state index contributed by atoms with van der Waals surface area (Å²) >= 11 is 0. The van der Waals surface area contributed by atoms with Crippen LogP contribution in [0.4, 0.5) is 0 Å². The second-order valence-corrected chi connectivity index (χ2v) is 5.83. The largest absolute Gasteiger partial charge is 0.352 e. The molecule has 0 aromatic carbocycles. The van der Waals surface area contributed by atoms with Gasteiger partial charge in [-0.05, 0) is 44.7 Å². The molecule has 19 heavy (non-hydrogen) atoms. The zero-order chi connectivity index (χ0) is 13.7. The molecule has 2 heterocycles. The molecule has 2 aliphatic rings. The maximum absolute atomic E-state index is 11.9. The molecule has 0 radical (unpaired) electrons. The van der Waals surface area contributed by atoms with E-state index in [9.17, 15) is 9.59 Å². The number of likely N-dealkylation sites (N-methyl/N-ethyl adjacent to an activating group) is 1. The summed E-state index contributed by atoms with van der Waals surface area (Å²) in [5.74, 6) is 0.965. The molecule has 0 aromatic heterocycles. The quantitative estimate of drug-likeness (QED) is 0.780. The standard InChI is InChI=1S/C14H25N3O2/c1-17-10-12(5-7-14(17)19)16-13(18)6-4-11-3-2-8-15-9-11/h11-12,15H,2-10H2,1H3,(H,16,18). The molecule has 5 heteroatoms. The van der Waals surface area contributed by atoms with Gasteiger partial charge in [-0.2, -0.15) is 0 Å². The predicted octanol–water partition coefficient (Wildman–Crippen LogP) is 0.503. The molecule has 2 atom stereocenters. The lowest BCUT2D eigenvalue weighted by molar-refractivity contribution is -0.134. The van der Waals surface area contributed by atoms with Crippen LogP contribution >= 0.6 is 0 Å². The van der Waals surface area contributed by atoms with Crippen LogP contribution < -0.4 is 10.6 Å². The van der Waals surface area contributed by atoms with Gasteiger partial charge in [0.15, 0.2) is 0 Å². The molecule has 2 saturated heterocycles. The normalized spacial score (nSPS) is 28.3. The van der Waals surface area contributed by atoms with Crippen LogP contribution in [0.5, 0.6) is 0 Å².